The minimum absolute atomic E-state index is 0.0947. The Morgan fingerprint density at radius 2 is 2.12 bits per heavy atom. The zero-order chi connectivity index (χ0) is 12.8. The Morgan fingerprint density at radius 1 is 1.41 bits per heavy atom. The molecule has 0 bridgehead atoms. The number of nitrogens with two attached hydrogens (primary N) is 1. The number of hydrogen-bond donors (Lipinski definition) is 3. The van der Waals surface area contributed by atoms with E-state index in [1.54, 1.807) is 0 Å². The number of carbonyl (C=O) groups is 2. The first-order valence-corrected chi connectivity index (χ1v) is 6.03. The molecule has 6 heteroatoms. The van der Waals surface area contributed by atoms with Crippen molar-refractivity contribution in [2.24, 2.45) is 5.73 Å². The fraction of sp³-hybridized carbons (Fsp3) is 0.818. The molecule has 0 aliphatic carbocycles. The average molecular weight is 242 g/mol. The monoisotopic (exact) mass is 242 g/mol. The molecule has 1 aliphatic rings. The summed E-state index contributed by atoms with van der Waals surface area (Å²) in [7, 11) is 2.07. The standard InChI is InChI=1S/C11H22N4O2/c1-8-7-9(3-6-15(8)2)14-11(17)10(16)13-5-4-12/h8-9H,3-7,12H2,1-2H3,(H,13,16)(H,14,17). The molecular formula is C11H22N4O2. The Balaban J connectivity index is 2.33. The molecule has 0 spiro atoms. The van der Waals surface area contributed by atoms with E-state index in [-0.39, 0.29) is 6.04 Å². The van der Waals surface area contributed by atoms with E-state index in [1.165, 1.54) is 0 Å². The molecule has 1 heterocycles. The molecule has 0 radical (unpaired) electrons. The van der Waals surface area contributed by atoms with Gasteiger partial charge in [0.1, 0.15) is 0 Å². The van der Waals surface area contributed by atoms with E-state index in [0.717, 1.165) is 19.4 Å². The molecule has 2 unspecified atom stereocenters. The van der Waals surface area contributed by atoms with Gasteiger partial charge in [-0.25, -0.2) is 0 Å². The molecule has 1 aliphatic heterocycles. The highest BCUT2D eigenvalue weighted by Gasteiger charge is 2.25. The number of nitrogens with one attached hydrogen (secondary N) is 2. The van der Waals surface area contributed by atoms with E-state index in [1.807, 2.05) is 0 Å². The van der Waals surface area contributed by atoms with Crippen LogP contribution >= 0.6 is 0 Å². The van der Waals surface area contributed by atoms with Crippen LogP contribution in [0.2, 0.25) is 0 Å². The topological polar surface area (TPSA) is 87.5 Å². The van der Waals surface area contributed by atoms with Crippen LogP contribution in [0, 0.1) is 0 Å². The molecule has 2 amide bonds. The van der Waals surface area contributed by atoms with Crippen LogP contribution in [0.15, 0.2) is 0 Å². The number of carbonyl (C=O) groups excluding carboxylic acids is 2. The molecule has 17 heavy (non-hydrogen) atoms. The number of piperidine rings is 1. The Morgan fingerprint density at radius 3 is 2.71 bits per heavy atom. The van der Waals surface area contributed by atoms with Crippen LogP contribution in [0.25, 0.3) is 0 Å². The second-order valence-electron chi connectivity index (χ2n) is 4.57. The van der Waals surface area contributed by atoms with Crippen molar-refractivity contribution < 1.29 is 9.59 Å². The summed E-state index contributed by atoms with van der Waals surface area (Å²) in [4.78, 5) is 25.1. The Kier molecular flexibility index (Phi) is 5.37. The average Bonchev–Trinajstić information content (AvgIpc) is 2.30. The Bertz CT molecular complexity index is 283. The number of hydrogen-bond acceptors (Lipinski definition) is 4. The van der Waals surface area contributed by atoms with Crippen LogP contribution in [0.5, 0.6) is 0 Å². The van der Waals surface area contributed by atoms with Gasteiger partial charge in [0.15, 0.2) is 0 Å². The van der Waals surface area contributed by atoms with Crippen LogP contribution in [0.1, 0.15) is 19.8 Å². The van der Waals surface area contributed by atoms with Gasteiger partial charge in [0.25, 0.3) is 0 Å². The molecule has 1 rings (SSSR count). The van der Waals surface area contributed by atoms with Gasteiger partial charge < -0.3 is 21.3 Å². The molecule has 1 fully saturated rings. The molecule has 0 aromatic heterocycles. The predicted molar refractivity (Wildman–Crippen MR) is 65.3 cm³/mol. The van der Waals surface area contributed by atoms with Crippen molar-refractivity contribution in [2.75, 3.05) is 26.7 Å². The quantitative estimate of drug-likeness (QED) is 0.535. The summed E-state index contributed by atoms with van der Waals surface area (Å²) in [5.74, 6) is -1.15. The first-order chi connectivity index (χ1) is 8.04. The minimum Gasteiger partial charge on any atom is -0.347 e. The van der Waals surface area contributed by atoms with Crippen molar-refractivity contribution >= 4 is 11.8 Å². The van der Waals surface area contributed by atoms with Crippen molar-refractivity contribution in [2.45, 2.75) is 31.8 Å². The second kappa shape index (κ2) is 6.56. The molecule has 2 atom stereocenters. The number of rotatable bonds is 3. The highest BCUT2D eigenvalue weighted by molar-refractivity contribution is 6.35. The number of amides is 2. The number of likely N-dealkylation sites (tertiary alicyclic amines) is 1. The lowest BCUT2D eigenvalue weighted by Crippen LogP contribution is -2.51. The summed E-state index contributed by atoms with van der Waals surface area (Å²) in [6.07, 6.45) is 1.77. The summed E-state index contributed by atoms with van der Waals surface area (Å²) in [6, 6.07) is 0.526. The third kappa shape index (κ3) is 4.32. The van der Waals surface area contributed by atoms with Gasteiger partial charge in [0, 0.05) is 31.7 Å². The maximum Gasteiger partial charge on any atom is 0.309 e. The van der Waals surface area contributed by atoms with Gasteiger partial charge >= 0.3 is 11.8 Å². The van der Waals surface area contributed by atoms with Gasteiger partial charge in [-0.1, -0.05) is 0 Å². The third-order valence-corrected chi connectivity index (χ3v) is 3.18. The van der Waals surface area contributed by atoms with Crippen molar-refractivity contribution in [1.29, 1.82) is 0 Å². The zero-order valence-electron chi connectivity index (χ0n) is 10.5. The smallest absolute Gasteiger partial charge is 0.309 e. The fourth-order valence-electron chi connectivity index (χ4n) is 1.94. The first kappa shape index (κ1) is 13.9. The molecule has 6 nitrogen and oxygen atoms in total. The highest BCUT2D eigenvalue weighted by atomic mass is 16.2. The van der Waals surface area contributed by atoms with Gasteiger partial charge in [0.05, 0.1) is 0 Å². The first-order valence-electron chi connectivity index (χ1n) is 6.03. The van der Waals surface area contributed by atoms with E-state index >= 15 is 0 Å². The lowest BCUT2D eigenvalue weighted by Gasteiger charge is -2.35. The van der Waals surface area contributed by atoms with Gasteiger partial charge in [-0.3, -0.25) is 9.59 Å². The zero-order valence-corrected chi connectivity index (χ0v) is 10.5. The maximum atomic E-state index is 11.5. The third-order valence-electron chi connectivity index (χ3n) is 3.18. The van der Waals surface area contributed by atoms with Crippen molar-refractivity contribution in [3.63, 3.8) is 0 Å². The van der Waals surface area contributed by atoms with E-state index in [4.69, 9.17) is 5.73 Å². The van der Waals surface area contributed by atoms with Crippen LogP contribution < -0.4 is 16.4 Å². The summed E-state index contributed by atoms with van der Waals surface area (Å²) in [5, 5.41) is 5.22. The lowest BCUT2D eigenvalue weighted by molar-refractivity contribution is -0.139. The maximum absolute atomic E-state index is 11.5. The van der Waals surface area contributed by atoms with E-state index in [9.17, 15) is 9.59 Å². The van der Waals surface area contributed by atoms with Gasteiger partial charge in [-0.15, -0.1) is 0 Å². The van der Waals surface area contributed by atoms with Crippen molar-refractivity contribution in [3.05, 3.63) is 0 Å². The normalized spacial score (nSPS) is 25.4. The van der Waals surface area contributed by atoms with Crippen LogP contribution in [-0.2, 0) is 9.59 Å². The molecule has 0 saturated carbocycles. The second-order valence-corrected chi connectivity index (χ2v) is 4.57. The summed E-state index contributed by atoms with van der Waals surface area (Å²) >= 11 is 0. The van der Waals surface area contributed by atoms with Crippen LogP contribution in [-0.4, -0.2) is 55.5 Å². The predicted octanol–water partition coefficient (Wildman–Crippen LogP) is -1.34. The van der Waals surface area contributed by atoms with Crippen molar-refractivity contribution in [3.8, 4) is 0 Å². The number of nitrogens with zero attached hydrogens (tertiary/aromatic N) is 1. The summed E-state index contributed by atoms with van der Waals surface area (Å²) < 4.78 is 0. The van der Waals surface area contributed by atoms with Crippen LogP contribution in [0.3, 0.4) is 0 Å². The molecule has 98 valence electrons. The van der Waals surface area contributed by atoms with Crippen molar-refractivity contribution in [1.82, 2.24) is 15.5 Å². The van der Waals surface area contributed by atoms with E-state index in [2.05, 4.69) is 29.5 Å². The summed E-state index contributed by atoms with van der Waals surface area (Å²) in [5.41, 5.74) is 5.24. The SMILES string of the molecule is CC1CC(NC(=O)C(=O)NCCN)CCN1C. The fourth-order valence-corrected chi connectivity index (χ4v) is 1.94. The molecule has 0 aromatic rings. The molecular weight excluding hydrogens is 220 g/mol. The Labute approximate surface area is 102 Å². The van der Waals surface area contributed by atoms with E-state index < -0.39 is 11.8 Å². The molecule has 1 saturated heterocycles. The van der Waals surface area contributed by atoms with Gasteiger partial charge in [-0.05, 0) is 26.8 Å². The largest absolute Gasteiger partial charge is 0.347 e. The Hall–Kier alpha value is -1.14. The summed E-state index contributed by atoms with van der Waals surface area (Å²) in [6.45, 7) is 3.73. The minimum atomic E-state index is -0.595. The van der Waals surface area contributed by atoms with Crippen LogP contribution in [0.4, 0.5) is 0 Å². The highest BCUT2D eigenvalue weighted by Crippen LogP contribution is 2.14. The van der Waals surface area contributed by atoms with Gasteiger partial charge in [0.2, 0.25) is 0 Å². The lowest BCUT2D eigenvalue weighted by atomic mass is 9.99. The molecule has 0 aromatic carbocycles. The van der Waals surface area contributed by atoms with E-state index in [0.29, 0.717) is 19.1 Å². The van der Waals surface area contributed by atoms with Gasteiger partial charge in [-0.2, -0.15) is 0 Å². The molecule has 4 N–H and O–H groups in total.